The van der Waals surface area contributed by atoms with E-state index >= 15 is 0 Å². The molecule has 1 atom stereocenters. The Morgan fingerprint density at radius 1 is 1.09 bits per heavy atom. The molecule has 0 saturated carbocycles. The molecule has 3 aromatic rings. The van der Waals surface area contributed by atoms with E-state index in [9.17, 15) is 22.2 Å². The van der Waals surface area contributed by atoms with Gasteiger partial charge in [-0.15, -0.1) is 0 Å². The summed E-state index contributed by atoms with van der Waals surface area (Å²) in [5.41, 5.74) is -2.36. The lowest BCUT2D eigenvalue weighted by Crippen LogP contribution is -2.38. The highest BCUT2D eigenvalue weighted by Crippen LogP contribution is 2.36. The number of halogens is 3. The summed E-state index contributed by atoms with van der Waals surface area (Å²) in [6, 6.07) is 11.0. The van der Waals surface area contributed by atoms with Crippen LogP contribution in [0.15, 0.2) is 52.3 Å². The van der Waals surface area contributed by atoms with Crippen molar-refractivity contribution >= 4 is 39.7 Å². The van der Waals surface area contributed by atoms with Gasteiger partial charge in [0.2, 0.25) is 0 Å². The minimum atomic E-state index is -4.34. The van der Waals surface area contributed by atoms with Crippen molar-refractivity contribution in [2.24, 2.45) is 0 Å². The Hall–Kier alpha value is -2.64. The smallest absolute Gasteiger partial charge is 0.445 e. The van der Waals surface area contributed by atoms with Crippen LogP contribution in [0, 0.1) is 0 Å². The number of thioether (sulfide) groups is 1. The van der Waals surface area contributed by atoms with Crippen molar-refractivity contribution in [3.05, 3.63) is 48.0 Å². The molecule has 0 aliphatic heterocycles. The number of nitrogens with zero attached hydrogens (tertiary/aromatic N) is 4. The second kappa shape index (κ2) is 12.4. The molecule has 1 heterocycles. The highest BCUT2D eigenvalue weighted by Gasteiger charge is 2.29. The number of rotatable bonds is 11. The molecule has 1 N–H and O–H groups in total. The van der Waals surface area contributed by atoms with Crippen molar-refractivity contribution in [2.75, 3.05) is 39.0 Å². The summed E-state index contributed by atoms with van der Waals surface area (Å²) in [5, 5.41) is 10.5. The number of alkyl halides is 3. The number of amides is 1. The Bertz CT molecular complexity index is 1140. The predicted octanol–water partition coefficient (Wildman–Crippen LogP) is 4.27. The van der Waals surface area contributed by atoms with Gasteiger partial charge in [-0.1, -0.05) is 19.1 Å². The Balaban J connectivity index is 1.40. The van der Waals surface area contributed by atoms with Crippen molar-refractivity contribution in [1.29, 1.82) is 0 Å². The van der Waals surface area contributed by atoms with Crippen LogP contribution in [0.2, 0.25) is 0 Å². The van der Waals surface area contributed by atoms with Crippen molar-refractivity contribution in [3.63, 3.8) is 0 Å². The molecule has 190 valence electrons. The predicted molar refractivity (Wildman–Crippen MR) is 128 cm³/mol. The SMILES string of the molecule is CCN(CCN(C)C(=O)OCc1ccc(SC(F)(F)F)cc1)CCS(=O)c1ccc2n[nH]nc2c1. The fourth-order valence-corrected chi connectivity index (χ4v) is 4.81. The van der Waals surface area contributed by atoms with Gasteiger partial charge < -0.3 is 14.5 Å². The Labute approximate surface area is 207 Å². The van der Waals surface area contributed by atoms with Gasteiger partial charge in [-0.3, -0.25) is 4.21 Å². The van der Waals surface area contributed by atoms with Crippen LogP contribution in [-0.2, 0) is 22.1 Å². The molecule has 0 saturated heterocycles. The summed E-state index contributed by atoms with van der Waals surface area (Å²) in [5.74, 6) is 0.438. The van der Waals surface area contributed by atoms with E-state index in [1.807, 2.05) is 6.92 Å². The number of aromatic amines is 1. The Morgan fingerprint density at radius 3 is 2.49 bits per heavy atom. The number of carbonyl (C=O) groups excluding carboxylic acids is 1. The van der Waals surface area contributed by atoms with E-state index in [2.05, 4.69) is 20.3 Å². The van der Waals surface area contributed by atoms with Crippen molar-refractivity contribution < 1.29 is 26.9 Å². The van der Waals surface area contributed by atoms with Crippen LogP contribution in [0.5, 0.6) is 0 Å². The molecule has 35 heavy (non-hydrogen) atoms. The number of carbonyl (C=O) groups is 1. The van der Waals surface area contributed by atoms with Gasteiger partial charge in [-0.25, -0.2) is 4.79 Å². The van der Waals surface area contributed by atoms with Crippen LogP contribution in [0.3, 0.4) is 0 Å². The molecule has 13 heteroatoms. The van der Waals surface area contributed by atoms with E-state index in [1.165, 1.54) is 29.2 Å². The molecule has 3 rings (SSSR count). The molecule has 0 radical (unpaired) electrons. The monoisotopic (exact) mass is 529 g/mol. The number of ether oxygens (including phenoxy) is 1. The van der Waals surface area contributed by atoms with Gasteiger partial charge >= 0.3 is 11.6 Å². The largest absolute Gasteiger partial charge is 0.446 e. The van der Waals surface area contributed by atoms with Crippen LogP contribution in [-0.4, -0.2) is 80.0 Å². The minimum absolute atomic E-state index is 0.0352. The number of hydrogen-bond acceptors (Lipinski definition) is 7. The number of benzene rings is 2. The third-order valence-corrected chi connectivity index (χ3v) is 7.25. The first-order chi connectivity index (χ1) is 16.6. The standard InChI is InChI=1S/C22H26F3N5O3S2/c1-3-30(12-13-35(32)18-8-9-19-20(14-18)27-28-26-19)11-10-29(2)21(31)33-15-16-4-6-17(7-5-16)34-22(23,24)25/h4-9,14H,3,10-13,15H2,1-2H3,(H,26,27,28). The maximum absolute atomic E-state index is 12.7. The first-order valence-electron chi connectivity index (χ1n) is 10.8. The fourth-order valence-electron chi connectivity index (χ4n) is 3.14. The molecule has 0 spiro atoms. The number of aromatic nitrogens is 3. The first kappa shape index (κ1) is 27.0. The number of H-pyrrole nitrogens is 1. The van der Waals surface area contributed by atoms with Crippen molar-refractivity contribution in [1.82, 2.24) is 25.2 Å². The van der Waals surface area contributed by atoms with Gasteiger partial charge in [0, 0.05) is 42.2 Å². The molecule has 0 fully saturated rings. The van der Waals surface area contributed by atoms with Crippen LogP contribution < -0.4 is 0 Å². The topological polar surface area (TPSA) is 91.4 Å². The summed E-state index contributed by atoms with van der Waals surface area (Å²) in [7, 11) is 0.422. The highest BCUT2D eigenvalue weighted by molar-refractivity contribution is 8.00. The summed E-state index contributed by atoms with van der Waals surface area (Å²) in [4.78, 5) is 16.6. The van der Waals surface area contributed by atoms with E-state index in [4.69, 9.17) is 4.74 Å². The Kier molecular flexibility index (Phi) is 9.52. The van der Waals surface area contributed by atoms with Crippen molar-refractivity contribution in [3.8, 4) is 0 Å². The molecule has 0 aliphatic rings. The van der Waals surface area contributed by atoms with Crippen LogP contribution in [0.25, 0.3) is 11.0 Å². The molecule has 2 aromatic carbocycles. The molecule has 1 amide bonds. The lowest BCUT2D eigenvalue weighted by molar-refractivity contribution is -0.0328. The first-order valence-corrected chi connectivity index (χ1v) is 12.9. The maximum atomic E-state index is 12.7. The number of nitrogens with one attached hydrogen (secondary N) is 1. The third-order valence-electron chi connectivity index (χ3n) is 5.17. The molecule has 0 bridgehead atoms. The summed E-state index contributed by atoms with van der Waals surface area (Å²) >= 11 is -0.191. The molecular formula is C22H26F3N5O3S2. The van der Waals surface area contributed by atoms with E-state index in [0.717, 1.165) is 6.54 Å². The van der Waals surface area contributed by atoms with E-state index in [1.54, 1.807) is 25.2 Å². The lowest BCUT2D eigenvalue weighted by atomic mass is 10.2. The summed E-state index contributed by atoms with van der Waals surface area (Å²) in [6.07, 6.45) is -0.528. The van der Waals surface area contributed by atoms with Gasteiger partial charge in [0.15, 0.2) is 0 Å². The van der Waals surface area contributed by atoms with E-state index in [0.29, 0.717) is 46.9 Å². The van der Waals surface area contributed by atoms with Crippen LogP contribution in [0.4, 0.5) is 18.0 Å². The zero-order chi connectivity index (χ0) is 25.4. The summed E-state index contributed by atoms with van der Waals surface area (Å²) in [6.45, 7) is 4.25. The zero-order valence-electron chi connectivity index (χ0n) is 19.2. The van der Waals surface area contributed by atoms with E-state index in [-0.39, 0.29) is 23.3 Å². The number of hydrogen-bond donors (Lipinski definition) is 1. The quantitative estimate of drug-likeness (QED) is 0.371. The lowest BCUT2D eigenvalue weighted by Gasteiger charge is -2.24. The molecule has 8 nitrogen and oxygen atoms in total. The minimum Gasteiger partial charge on any atom is -0.445 e. The second-order valence-corrected chi connectivity index (χ2v) is 10.3. The highest BCUT2D eigenvalue weighted by atomic mass is 32.2. The van der Waals surface area contributed by atoms with Crippen LogP contribution in [0.1, 0.15) is 12.5 Å². The molecule has 0 aliphatic carbocycles. The van der Waals surface area contributed by atoms with Crippen LogP contribution >= 0.6 is 11.8 Å². The van der Waals surface area contributed by atoms with E-state index < -0.39 is 22.4 Å². The van der Waals surface area contributed by atoms with Crippen molar-refractivity contribution in [2.45, 2.75) is 28.8 Å². The number of fused-ring (bicyclic) bond motifs is 1. The number of likely N-dealkylation sites (N-methyl/N-ethyl adjacent to an activating group) is 2. The molecule has 1 unspecified atom stereocenters. The maximum Gasteiger partial charge on any atom is 0.446 e. The third kappa shape index (κ3) is 8.51. The van der Waals surface area contributed by atoms with Gasteiger partial charge in [0.05, 0.1) is 10.8 Å². The average molecular weight is 530 g/mol. The fraction of sp³-hybridized carbons (Fsp3) is 0.409. The molecular weight excluding hydrogens is 503 g/mol. The second-order valence-electron chi connectivity index (χ2n) is 7.63. The molecule has 1 aromatic heterocycles. The zero-order valence-corrected chi connectivity index (χ0v) is 20.9. The summed E-state index contributed by atoms with van der Waals surface area (Å²) < 4.78 is 55.2. The van der Waals surface area contributed by atoms with Gasteiger partial charge in [-0.05, 0) is 54.2 Å². The Morgan fingerprint density at radius 2 is 1.80 bits per heavy atom. The van der Waals surface area contributed by atoms with Gasteiger partial charge in [-0.2, -0.15) is 28.6 Å². The average Bonchev–Trinajstić information content (AvgIpc) is 3.30. The van der Waals surface area contributed by atoms with Gasteiger partial charge in [0.25, 0.3) is 0 Å². The normalized spacial score (nSPS) is 12.7. The van der Waals surface area contributed by atoms with Gasteiger partial charge in [0.1, 0.15) is 17.6 Å².